The molecule has 0 fully saturated rings. The summed E-state index contributed by atoms with van der Waals surface area (Å²) in [5.74, 6) is -0.222. The fourth-order valence-corrected chi connectivity index (χ4v) is 1.44. The molecule has 1 aromatic rings. The van der Waals surface area contributed by atoms with Crippen LogP contribution >= 0.6 is 0 Å². The van der Waals surface area contributed by atoms with Gasteiger partial charge in [-0.15, -0.1) is 0 Å². The monoisotopic (exact) mass is 246 g/mol. The lowest BCUT2D eigenvalue weighted by atomic mass is 10.2. The van der Waals surface area contributed by atoms with Crippen LogP contribution in [0.1, 0.15) is 36.5 Å². The van der Waals surface area contributed by atoms with E-state index in [4.69, 9.17) is 4.74 Å². The van der Waals surface area contributed by atoms with Crippen molar-refractivity contribution >= 4 is 11.8 Å². The van der Waals surface area contributed by atoms with Gasteiger partial charge in [0.15, 0.2) is 5.78 Å². The molecule has 0 saturated carbocycles. The van der Waals surface area contributed by atoms with E-state index in [0.29, 0.717) is 12.2 Å². The molecule has 18 heavy (non-hydrogen) atoms. The minimum atomic E-state index is -0.283. The second-order valence-electron chi connectivity index (χ2n) is 4.01. The predicted octanol–water partition coefficient (Wildman–Crippen LogP) is 3.16. The molecule has 0 N–H and O–H groups in total. The van der Waals surface area contributed by atoms with Crippen molar-refractivity contribution in [2.24, 2.45) is 0 Å². The minimum absolute atomic E-state index is 0.0607. The summed E-state index contributed by atoms with van der Waals surface area (Å²) in [4.78, 5) is 22.2. The molecule has 1 aromatic carbocycles. The lowest BCUT2D eigenvalue weighted by molar-refractivity contribution is -0.112. The number of ketones is 1. The van der Waals surface area contributed by atoms with Gasteiger partial charge in [0, 0.05) is 0 Å². The number of carbonyl (C=O) groups excluding carboxylic acids is 2. The van der Waals surface area contributed by atoms with E-state index >= 15 is 0 Å². The van der Waals surface area contributed by atoms with Crippen molar-refractivity contribution in [1.82, 2.24) is 0 Å². The van der Waals surface area contributed by atoms with E-state index in [1.807, 2.05) is 24.3 Å². The second kappa shape index (κ2) is 8.23. The lowest BCUT2D eigenvalue weighted by Crippen LogP contribution is -2.05. The third kappa shape index (κ3) is 5.99. The average Bonchev–Trinajstić information content (AvgIpc) is 2.38. The summed E-state index contributed by atoms with van der Waals surface area (Å²) in [7, 11) is 0. The molecule has 0 saturated heterocycles. The largest absolute Gasteiger partial charge is 0.462 e. The zero-order valence-corrected chi connectivity index (χ0v) is 10.6. The van der Waals surface area contributed by atoms with Gasteiger partial charge in [-0.3, -0.25) is 4.79 Å². The highest BCUT2D eigenvalue weighted by molar-refractivity contribution is 5.89. The zero-order chi connectivity index (χ0) is 13.2. The smallest absolute Gasteiger partial charge is 0.338 e. The van der Waals surface area contributed by atoms with Crippen LogP contribution in [0.25, 0.3) is 0 Å². The van der Waals surface area contributed by atoms with Gasteiger partial charge in [-0.1, -0.05) is 24.3 Å². The van der Waals surface area contributed by atoms with E-state index in [2.05, 4.69) is 0 Å². The van der Waals surface area contributed by atoms with Gasteiger partial charge in [0.1, 0.15) is 0 Å². The summed E-state index contributed by atoms with van der Waals surface area (Å²) in [5.41, 5.74) is 0.578. The Bertz CT molecular complexity index is 407. The Morgan fingerprint density at radius 2 is 1.89 bits per heavy atom. The summed E-state index contributed by atoms with van der Waals surface area (Å²) in [6.07, 6.45) is 5.96. The number of rotatable bonds is 7. The lowest BCUT2D eigenvalue weighted by Gasteiger charge is -2.03. The Morgan fingerprint density at radius 3 is 2.56 bits per heavy atom. The molecule has 0 amide bonds. The molecule has 3 heteroatoms. The van der Waals surface area contributed by atoms with Gasteiger partial charge < -0.3 is 4.74 Å². The van der Waals surface area contributed by atoms with Crippen LogP contribution in [0.4, 0.5) is 0 Å². The molecule has 0 unspecified atom stereocenters. The van der Waals surface area contributed by atoms with Gasteiger partial charge >= 0.3 is 5.97 Å². The van der Waals surface area contributed by atoms with Crippen molar-refractivity contribution in [3.63, 3.8) is 0 Å². The van der Waals surface area contributed by atoms with Crippen LogP contribution in [0.2, 0.25) is 0 Å². The van der Waals surface area contributed by atoms with E-state index in [9.17, 15) is 9.59 Å². The van der Waals surface area contributed by atoms with Gasteiger partial charge in [0.05, 0.1) is 12.2 Å². The van der Waals surface area contributed by atoms with Crippen molar-refractivity contribution in [2.45, 2.75) is 26.2 Å². The fourth-order valence-electron chi connectivity index (χ4n) is 1.44. The SMILES string of the molecule is CC(=O)/C=C/CCCCOC(=O)c1ccccc1. The number of hydrogen-bond acceptors (Lipinski definition) is 3. The first-order valence-corrected chi connectivity index (χ1v) is 6.09. The van der Waals surface area contributed by atoms with E-state index < -0.39 is 0 Å². The molecule has 96 valence electrons. The predicted molar refractivity (Wildman–Crippen MR) is 70.4 cm³/mol. The number of unbranched alkanes of at least 4 members (excludes halogenated alkanes) is 2. The molecule has 0 aliphatic carbocycles. The Morgan fingerprint density at radius 1 is 1.17 bits per heavy atom. The van der Waals surface area contributed by atoms with Crippen LogP contribution in [-0.2, 0) is 9.53 Å². The first kappa shape index (κ1) is 14.2. The molecule has 0 aliphatic rings. The van der Waals surface area contributed by atoms with E-state index in [1.54, 1.807) is 18.2 Å². The number of carbonyl (C=O) groups is 2. The third-order valence-corrected chi connectivity index (χ3v) is 2.36. The van der Waals surface area contributed by atoms with Gasteiger partial charge in [0.2, 0.25) is 0 Å². The van der Waals surface area contributed by atoms with E-state index in [-0.39, 0.29) is 11.8 Å². The normalized spacial score (nSPS) is 10.5. The van der Waals surface area contributed by atoms with Crippen LogP contribution in [0.15, 0.2) is 42.5 Å². The van der Waals surface area contributed by atoms with E-state index in [0.717, 1.165) is 19.3 Å². The highest BCUT2D eigenvalue weighted by Gasteiger charge is 2.04. The van der Waals surface area contributed by atoms with Gasteiger partial charge in [0.25, 0.3) is 0 Å². The maximum absolute atomic E-state index is 11.5. The number of hydrogen-bond donors (Lipinski definition) is 0. The Balaban J connectivity index is 2.12. The molecule has 0 radical (unpaired) electrons. The first-order chi connectivity index (χ1) is 8.70. The van der Waals surface area contributed by atoms with Crippen LogP contribution in [0.5, 0.6) is 0 Å². The van der Waals surface area contributed by atoms with Crippen LogP contribution in [-0.4, -0.2) is 18.4 Å². The Hall–Kier alpha value is -1.90. The molecule has 0 aliphatic heterocycles. The molecule has 3 nitrogen and oxygen atoms in total. The summed E-state index contributed by atoms with van der Waals surface area (Å²) in [5, 5.41) is 0. The van der Waals surface area contributed by atoms with E-state index in [1.165, 1.54) is 6.92 Å². The number of esters is 1. The van der Waals surface area contributed by atoms with Gasteiger partial charge in [-0.2, -0.15) is 0 Å². The topological polar surface area (TPSA) is 43.4 Å². The number of benzene rings is 1. The summed E-state index contributed by atoms with van der Waals surface area (Å²) in [6, 6.07) is 8.94. The van der Waals surface area contributed by atoms with Crippen molar-refractivity contribution in [2.75, 3.05) is 6.61 Å². The standard InChI is InChI=1S/C15H18O3/c1-13(16)9-5-2-3-8-12-18-15(17)14-10-6-4-7-11-14/h4-7,9-11H,2-3,8,12H2,1H3/b9-5+. The summed E-state index contributed by atoms with van der Waals surface area (Å²) < 4.78 is 5.13. The Labute approximate surface area is 107 Å². The van der Waals surface area contributed by atoms with Crippen LogP contribution in [0, 0.1) is 0 Å². The maximum atomic E-state index is 11.5. The zero-order valence-electron chi connectivity index (χ0n) is 10.6. The highest BCUT2D eigenvalue weighted by Crippen LogP contribution is 2.03. The average molecular weight is 246 g/mol. The molecule has 0 aromatic heterocycles. The molecule has 0 atom stereocenters. The second-order valence-corrected chi connectivity index (χ2v) is 4.01. The third-order valence-electron chi connectivity index (χ3n) is 2.36. The van der Waals surface area contributed by atoms with Crippen LogP contribution in [0.3, 0.4) is 0 Å². The van der Waals surface area contributed by atoms with Gasteiger partial charge in [-0.05, 0) is 44.4 Å². The number of ether oxygens (including phenoxy) is 1. The quantitative estimate of drug-likeness (QED) is 0.421. The summed E-state index contributed by atoms with van der Waals surface area (Å²) >= 11 is 0. The molecular weight excluding hydrogens is 228 g/mol. The van der Waals surface area contributed by atoms with Gasteiger partial charge in [-0.25, -0.2) is 4.79 Å². The molecule has 1 rings (SSSR count). The number of allylic oxidation sites excluding steroid dienone is 2. The van der Waals surface area contributed by atoms with Crippen LogP contribution < -0.4 is 0 Å². The minimum Gasteiger partial charge on any atom is -0.462 e. The summed E-state index contributed by atoms with van der Waals surface area (Å²) in [6.45, 7) is 1.94. The maximum Gasteiger partial charge on any atom is 0.338 e. The fraction of sp³-hybridized carbons (Fsp3) is 0.333. The molecular formula is C15H18O3. The molecule has 0 spiro atoms. The first-order valence-electron chi connectivity index (χ1n) is 6.09. The van der Waals surface area contributed by atoms with Crippen molar-refractivity contribution in [1.29, 1.82) is 0 Å². The highest BCUT2D eigenvalue weighted by atomic mass is 16.5. The molecule has 0 bridgehead atoms. The van der Waals surface area contributed by atoms with Crippen molar-refractivity contribution < 1.29 is 14.3 Å². The van der Waals surface area contributed by atoms with Crippen molar-refractivity contribution in [3.8, 4) is 0 Å². The molecule has 0 heterocycles. The Kier molecular flexibility index (Phi) is 6.47. The van der Waals surface area contributed by atoms with Crippen molar-refractivity contribution in [3.05, 3.63) is 48.0 Å².